The van der Waals surface area contributed by atoms with Gasteiger partial charge >= 0.3 is 0 Å². The number of methoxy groups -OCH3 is 1. The second kappa shape index (κ2) is 5.66. The highest BCUT2D eigenvalue weighted by molar-refractivity contribution is 5.94. The highest BCUT2D eigenvalue weighted by Crippen LogP contribution is 2.31. The monoisotopic (exact) mass is 287 g/mol. The molecule has 0 fully saturated rings. The molecule has 7 nitrogen and oxygen atoms in total. The second-order valence-corrected chi connectivity index (χ2v) is 4.30. The molecule has 1 amide bonds. The SMILES string of the molecule is COc1cc(NC(=O)[C@H]2COc3ccccc3O2)ncn1. The van der Waals surface area contributed by atoms with Crippen LogP contribution in [0.15, 0.2) is 36.7 Å². The van der Waals surface area contributed by atoms with Crippen LogP contribution in [0.4, 0.5) is 5.82 Å². The summed E-state index contributed by atoms with van der Waals surface area (Å²) in [4.78, 5) is 20.0. The first kappa shape index (κ1) is 13.2. The number of fused-ring (bicyclic) bond motifs is 1. The van der Waals surface area contributed by atoms with E-state index in [9.17, 15) is 4.79 Å². The molecule has 0 saturated heterocycles. The van der Waals surface area contributed by atoms with Crippen molar-refractivity contribution in [3.8, 4) is 17.4 Å². The van der Waals surface area contributed by atoms with Gasteiger partial charge in [0, 0.05) is 6.07 Å². The van der Waals surface area contributed by atoms with Crippen LogP contribution < -0.4 is 19.5 Å². The van der Waals surface area contributed by atoms with Crippen LogP contribution in [-0.4, -0.2) is 35.7 Å². The van der Waals surface area contributed by atoms with Crippen molar-refractivity contribution in [2.24, 2.45) is 0 Å². The summed E-state index contributed by atoms with van der Waals surface area (Å²) in [6, 6.07) is 8.73. The first-order valence-electron chi connectivity index (χ1n) is 6.31. The average molecular weight is 287 g/mol. The van der Waals surface area contributed by atoms with Gasteiger partial charge in [0.25, 0.3) is 5.91 Å². The zero-order valence-electron chi connectivity index (χ0n) is 11.3. The first-order chi connectivity index (χ1) is 10.3. The molecule has 2 heterocycles. The Hall–Kier alpha value is -2.83. The molecule has 0 unspecified atom stereocenters. The number of anilines is 1. The van der Waals surface area contributed by atoms with Crippen molar-refractivity contribution in [3.05, 3.63) is 36.7 Å². The van der Waals surface area contributed by atoms with E-state index in [0.717, 1.165) is 0 Å². The Morgan fingerprint density at radius 1 is 1.33 bits per heavy atom. The summed E-state index contributed by atoms with van der Waals surface area (Å²) < 4.78 is 16.1. The van der Waals surface area contributed by atoms with Gasteiger partial charge in [0.2, 0.25) is 12.0 Å². The number of hydrogen-bond acceptors (Lipinski definition) is 6. The van der Waals surface area contributed by atoms with E-state index in [-0.39, 0.29) is 12.5 Å². The molecule has 1 aromatic carbocycles. The first-order valence-corrected chi connectivity index (χ1v) is 6.31. The molecule has 1 atom stereocenters. The fourth-order valence-electron chi connectivity index (χ4n) is 1.87. The van der Waals surface area contributed by atoms with Gasteiger partial charge in [-0.05, 0) is 12.1 Å². The van der Waals surface area contributed by atoms with Crippen LogP contribution in [0.1, 0.15) is 0 Å². The van der Waals surface area contributed by atoms with Gasteiger partial charge in [0.05, 0.1) is 7.11 Å². The number of rotatable bonds is 3. The van der Waals surface area contributed by atoms with Gasteiger partial charge < -0.3 is 19.5 Å². The van der Waals surface area contributed by atoms with Crippen molar-refractivity contribution >= 4 is 11.7 Å². The van der Waals surface area contributed by atoms with E-state index in [1.54, 1.807) is 12.1 Å². The van der Waals surface area contributed by atoms with E-state index in [2.05, 4.69) is 15.3 Å². The third-order valence-corrected chi connectivity index (χ3v) is 2.90. The maximum atomic E-state index is 12.2. The molecule has 0 aliphatic carbocycles. The minimum absolute atomic E-state index is 0.144. The number of amides is 1. The maximum absolute atomic E-state index is 12.2. The molecule has 1 aliphatic rings. The number of nitrogens with zero attached hydrogens (tertiary/aromatic N) is 2. The predicted octanol–water partition coefficient (Wildman–Crippen LogP) is 1.26. The Morgan fingerprint density at radius 2 is 2.14 bits per heavy atom. The van der Waals surface area contributed by atoms with Crippen molar-refractivity contribution in [2.45, 2.75) is 6.10 Å². The number of aromatic nitrogens is 2. The maximum Gasteiger partial charge on any atom is 0.270 e. The smallest absolute Gasteiger partial charge is 0.270 e. The molecule has 108 valence electrons. The highest BCUT2D eigenvalue weighted by atomic mass is 16.6. The number of carbonyl (C=O) groups excluding carboxylic acids is 1. The summed E-state index contributed by atoms with van der Waals surface area (Å²) in [5, 5.41) is 2.64. The van der Waals surface area contributed by atoms with Gasteiger partial charge in [-0.3, -0.25) is 4.79 Å². The van der Waals surface area contributed by atoms with Crippen molar-refractivity contribution in [3.63, 3.8) is 0 Å². The normalized spacial score (nSPS) is 16.1. The Labute approximate surface area is 120 Å². The summed E-state index contributed by atoms with van der Waals surface area (Å²) >= 11 is 0. The molecule has 0 spiro atoms. The van der Waals surface area contributed by atoms with E-state index in [0.29, 0.717) is 23.2 Å². The lowest BCUT2D eigenvalue weighted by molar-refractivity contribution is -0.125. The topological polar surface area (TPSA) is 82.6 Å². The van der Waals surface area contributed by atoms with Crippen LogP contribution in [0.25, 0.3) is 0 Å². The Balaban J connectivity index is 1.69. The molecule has 21 heavy (non-hydrogen) atoms. The zero-order chi connectivity index (χ0) is 14.7. The third-order valence-electron chi connectivity index (χ3n) is 2.90. The molecule has 1 aliphatic heterocycles. The summed E-state index contributed by atoms with van der Waals surface area (Å²) in [7, 11) is 1.49. The lowest BCUT2D eigenvalue weighted by Gasteiger charge is -2.25. The number of para-hydroxylation sites is 2. The van der Waals surface area contributed by atoms with Gasteiger partial charge in [-0.25, -0.2) is 9.97 Å². The lowest BCUT2D eigenvalue weighted by Crippen LogP contribution is -2.40. The minimum atomic E-state index is -0.735. The number of carbonyl (C=O) groups is 1. The number of benzene rings is 1. The van der Waals surface area contributed by atoms with E-state index in [4.69, 9.17) is 14.2 Å². The molecule has 0 radical (unpaired) electrons. The molecule has 0 bridgehead atoms. The van der Waals surface area contributed by atoms with Crippen molar-refractivity contribution < 1.29 is 19.0 Å². The molecular weight excluding hydrogens is 274 g/mol. The number of hydrogen-bond donors (Lipinski definition) is 1. The van der Waals surface area contributed by atoms with Crippen molar-refractivity contribution in [2.75, 3.05) is 19.0 Å². The molecule has 3 rings (SSSR count). The summed E-state index contributed by atoms with van der Waals surface area (Å²) in [6.07, 6.45) is 0.572. The van der Waals surface area contributed by atoms with Gasteiger partial charge in [0.1, 0.15) is 18.8 Å². The van der Waals surface area contributed by atoms with Gasteiger partial charge in [-0.1, -0.05) is 12.1 Å². The Morgan fingerprint density at radius 3 is 2.95 bits per heavy atom. The number of ether oxygens (including phenoxy) is 3. The van der Waals surface area contributed by atoms with Crippen LogP contribution >= 0.6 is 0 Å². The van der Waals surface area contributed by atoms with Gasteiger partial charge in [-0.2, -0.15) is 0 Å². The average Bonchev–Trinajstić information content (AvgIpc) is 2.54. The number of nitrogens with one attached hydrogen (secondary N) is 1. The van der Waals surface area contributed by atoms with Gasteiger partial charge in [0.15, 0.2) is 11.5 Å². The second-order valence-electron chi connectivity index (χ2n) is 4.30. The van der Waals surface area contributed by atoms with Crippen LogP contribution in [0, 0.1) is 0 Å². The molecule has 2 aromatic rings. The molecule has 7 heteroatoms. The summed E-state index contributed by atoms with van der Waals surface area (Å²) in [6.45, 7) is 0.144. The van der Waals surface area contributed by atoms with Gasteiger partial charge in [-0.15, -0.1) is 0 Å². The third kappa shape index (κ3) is 2.86. The van der Waals surface area contributed by atoms with Crippen LogP contribution in [-0.2, 0) is 4.79 Å². The molecular formula is C14H13N3O4. The molecule has 1 aromatic heterocycles. The summed E-state index contributed by atoms with van der Waals surface area (Å²) in [5.74, 6) is 1.54. The van der Waals surface area contributed by atoms with Crippen molar-refractivity contribution in [1.82, 2.24) is 9.97 Å². The van der Waals surface area contributed by atoms with Crippen molar-refractivity contribution in [1.29, 1.82) is 0 Å². The predicted molar refractivity (Wildman–Crippen MR) is 73.6 cm³/mol. The van der Waals surface area contributed by atoms with E-state index in [1.165, 1.54) is 19.5 Å². The van der Waals surface area contributed by atoms with E-state index < -0.39 is 6.10 Å². The fourth-order valence-corrected chi connectivity index (χ4v) is 1.87. The summed E-state index contributed by atoms with van der Waals surface area (Å²) in [5.41, 5.74) is 0. The fraction of sp³-hybridized carbons (Fsp3) is 0.214. The van der Waals surface area contributed by atoms with Crippen LogP contribution in [0.5, 0.6) is 17.4 Å². The highest BCUT2D eigenvalue weighted by Gasteiger charge is 2.27. The van der Waals surface area contributed by atoms with Crippen LogP contribution in [0.2, 0.25) is 0 Å². The van der Waals surface area contributed by atoms with Crippen LogP contribution in [0.3, 0.4) is 0 Å². The quantitative estimate of drug-likeness (QED) is 0.915. The largest absolute Gasteiger partial charge is 0.485 e. The molecule has 0 saturated carbocycles. The Bertz CT molecular complexity index is 662. The lowest BCUT2D eigenvalue weighted by atomic mass is 10.2. The minimum Gasteiger partial charge on any atom is -0.485 e. The molecule has 1 N–H and O–H groups in total. The van der Waals surface area contributed by atoms with E-state index in [1.807, 2.05) is 12.1 Å². The standard InChI is InChI=1S/C14H13N3O4/c1-19-13-6-12(15-8-16-13)17-14(18)11-7-20-9-4-2-3-5-10(9)21-11/h2-6,8,11H,7H2,1H3,(H,15,16,17,18)/t11-/m1/s1. The zero-order valence-corrected chi connectivity index (χ0v) is 11.3. The van der Waals surface area contributed by atoms with E-state index >= 15 is 0 Å². The Kier molecular flexibility index (Phi) is 3.55.